The van der Waals surface area contributed by atoms with E-state index in [9.17, 15) is 4.79 Å². The van der Waals surface area contributed by atoms with Crippen molar-refractivity contribution in [2.75, 3.05) is 12.4 Å². The third-order valence-corrected chi connectivity index (χ3v) is 2.77. The number of hydrogen-bond donors (Lipinski definition) is 1. The van der Waals surface area contributed by atoms with Crippen molar-refractivity contribution in [3.8, 4) is 0 Å². The van der Waals surface area contributed by atoms with Crippen molar-refractivity contribution in [3.63, 3.8) is 0 Å². The average Bonchev–Trinajstić information content (AvgIpc) is 2.58. The van der Waals surface area contributed by atoms with Gasteiger partial charge in [-0.15, -0.1) is 10.2 Å². The van der Waals surface area contributed by atoms with Crippen LogP contribution in [0, 0.1) is 0 Å². The number of carboxylic acid groups (broad SMARTS) is 1. The van der Waals surface area contributed by atoms with Gasteiger partial charge in [0.25, 0.3) is 0 Å². The Hall–Kier alpha value is -1.08. The van der Waals surface area contributed by atoms with Gasteiger partial charge in [-0.2, -0.15) is 0 Å². The predicted octanol–water partition coefficient (Wildman–Crippen LogP) is 0.397. The lowest BCUT2D eigenvalue weighted by Crippen LogP contribution is -2.26. The number of aromatic nitrogens is 3. The number of hydrogen-bond acceptors (Lipinski definition) is 5. The molecule has 0 aliphatic rings. The third-order valence-electron chi connectivity index (χ3n) is 1.68. The van der Waals surface area contributed by atoms with Gasteiger partial charge < -0.3 is 14.4 Å². The second-order valence-corrected chi connectivity index (χ2v) is 3.80. The van der Waals surface area contributed by atoms with Gasteiger partial charge in [0.05, 0.1) is 0 Å². The fraction of sp³-hybridized carbons (Fsp3) is 0.625. The summed E-state index contributed by atoms with van der Waals surface area (Å²) in [6.45, 7) is 2.15. The van der Waals surface area contributed by atoms with Crippen molar-refractivity contribution in [2.24, 2.45) is 7.05 Å². The average molecular weight is 231 g/mol. The van der Waals surface area contributed by atoms with Crippen LogP contribution in [0.1, 0.15) is 6.92 Å². The zero-order valence-corrected chi connectivity index (χ0v) is 9.40. The van der Waals surface area contributed by atoms with Crippen LogP contribution in [0.25, 0.3) is 0 Å². The van der Waals surface area contributed by atoms with Crippen LogP contribution in [0.15, 0.2) is 11.5 Å². The first-order valence-corrected chi connectivity index (χ1v) is 5.45. The lowest BCUT2D eigenvalue weighted by molar-refractivity contribution is -0.148. The Morgan fingerprint density at radius 1 is 1.80 bits per heavy atom. The number of thioether (sulfide) groups is 1. The summed E-state index contributed by atoms with van der Waals surface area (Å²) < 4.78 is 6.80. The van der Waals surface area contributed by atoms with Crippen LogP contribution in [0.3, 0.4) is 0 Å². The van der Waals surface area contributed by atoms with Crippen molar-refractivity contribution in [2.45, 2.75) is 18.2 Å². The molecule has 0 fully saturated rings. The molecule has 1 N–H and O–H groups in total. The molecule has 1 rings (SSSR count). The van der Waals surface area contributed by atoms with E-state index in [1.807, 2.05) is 0 Å². The van der Waals surface area contributed by atoms with Crippen LogP contribution in [0.2, 0.25) is 0 Å². The minimum absolute atomic E-state index is 0.329. The molecule has 0 saturated carbocycles. The normalized spacial score (nSPS) is 12.7. The van der Waals surface area contributed by atoms with Gasteiger partial charge in [-0.25, -0.2) is 4.79 Å². The molecule has 0 aliphatic carbocycles. The topological polar surface area (TPSA) is 77.2 Å². The summed E-state index contributed by atoms with van der Waals surface area (Å²) in [5.74, 6) is -0.623. The second kappa shape index (κ2) is 5.72. The molecule has 0 amide bonds. The Bertz CT molecular complexity index is 329. The second-order valence-electron chi connectivity index (χ2n) is 2.82. The zero-order valence-electron chi connectivity index (χ0n) is 8.58. The van der Waals surface area contributed by atoms with Gasteiger partial charge >= 0.3 is 5.97 Å². The van der Waals surface area contributed by atoms with E-state index in [2.05, 4.69) is 10.2 Å². The Morgan fingerprint density at radius 3 is 3.00 bits per heavy atom. The minimum Gasteiger partial charge on any atom is -0.479 e. The standard InChI is InChI=1S/C8H13N3O3S/c1-3-14-6(7(12)13)4-15-8-10-9-5-11(8)2/h5-6H,3-4H2,1-2H3,(H,12,13). The van der Waals surface area contributed by atoms with Crippen molar-refractivity contribution >= 4 is 17.7 Å². The molecule has 1 atom stereocenters. The Kier molecular flexibility index (Phi) is 4.57. The lowest BCUT2D eigenvalue weighted by atomic mass is 10.4. The molecule has 0 aromatic carbocycles. The highest BCUT2D eigenvalue weighted by molar-refractivity contribution is 7.99. The maximum absolute atomic E-state index is 10.8. The first-order chi connectivity index (χ1) is 7.15. The zero-order chi connectivity index (χ0) is 11.3. The van der Waals surface area contributed by atoms with E-state index in [0.717, 1.165) is 0 Å². The minimum atomic E-state index is -0.952. The Labute approximate surface area is 91.6 Å². The van der Waals surface area contributed by atoms with E-state index in [1.54, 1.807) is 24.9 Å². The Balaban J connectivity index is 2.47. The number of aliphatic carboxylic acids is 1. The van der Waals surface area contributed by atoms with Gasteiger partial charge in [-0.1, -0.05) is 11.8 Å². The van der Waals surface area contributed by atoms with Crippen molar-refractivity contribution in [1.29, 1.82) is 0 Å². The summed E-state index contributed by atoms with van der Waals surface area (Å²) in [4.78, 5) is 10.8. The van der Waals surface area contributed by atoms with Crippen LogP contribution < -0.4 is 0 Å². The smallest absolute Gasteiger partial charge is 0.333 e. The molecule has 0 spiro atoms. The molecule has 0 radical (unpaired) electrons. The van der Waals surface area contributed by atoms with E-state index < -0.39 is 12.1 Å². The highest BCUT2D eigenvalue weighted by atomic mass is 32.2. The summed E-state index contributed by atoms with van der Waals surface area (Å²) in [5.41, 5.74) is 0. The van der Waals surface area contributed by atoms with Crippen LogP contribution in [0.5, 0.6) is 0 Å². The molecule has 0 aliphatic heterocycles. The number of rotatable bonds is 6. The van der Waals surface area contributed by atoms with Crippen LogP contribution >= 0.6 is 11.8 Å². The molecule has 1 unspecified atom stereocenters. The van der Waals surface area contributed by atoms with Crippen molar-refractivity contribution < 1.29 is 14.6 Å². The maximum atomic E-state index is 10.8. The van der Waals surface area contributed by atoms with Gasteiger partial charge in [0.2, 0.25) is 0 Å². The maximum Gasteiger partial charge on any atom is 0.333 e. The number of aryl methyl sites for hydroxylation is 1. The fourth-order valence-corrected chi connectivity index (χ4v) is 1.84. The molecule has 7 heteroatoms. The van der Waals surface area contributed by atoms with Crippen LogP contribution in [-0.4, -0.2) is 44.3 Å². The molecule has 0 saturated heterocycles. The highest BCUT2D eigenvalue weighted by Crippen LogP contribution is 2.15. The van der Waals surface area contributed by atoms with E-state index in [-0.39, 0.29) is 0 Å². The van der Waals surface area contributed by atoms with Gasteiger partial charge in [-0.05, 0) is 6.92 Å². The first kappa shape index (κ1) is 12.0. The first-order valence-electron chi connectivity index (χ1n) is 4.46. The summed E-state index contributed by atoms with van der Waals surface area (Å²) in [6.07, 6.45) is 0.774. The summed E-state index contributed by atoms with van der Waals surface area (Å²) >= 11 is 1.31. The van der Waals surface area contributed by atoms with Gasteiger partial charge in [0.1, 0.15) is 6.33 Å². The molecule has 1 heterocycles. The summed E-state index contributed by atoms with van der Waals surface area (Å²) in [5, 5.41) is 17.0. The SMILES string of the molecule is CCOC(CSc1nncn1C)C(=O)O. The monoisotopic (exact) mass is 231 g/mol. The van der Waals surface area contributed by atoms with Gasteiger partial charge in [-0.3, -0.25) is 0 Å². The predicted molar refractivity (Wildman–Crippen MR) is 54.8 cm³/mol. The van der Waals surface area contributed by atoms with Gasteiger partial charge in [0.15, 0.2) is 11.3 Å². The molecule has 0 bridgehead atoms. The highest BCUT2D eigenvalue weighted by Gasteiger charge is 2.18. The van der Waals surface area contributed by atoms with Crippen LogP contribution in [-0.2, 0) is 16.6 Å². The number of carbonyl (C=O) groups is 1. The van der Waals surface area contributed by atoms with E-state index in [0.29, 0.717) is 17.5 Å². The molecule has 6 nitrogen and oxygen atoms in total. The van der Waals surface area contributed by atoms with E-state index in [1.165, 1.54) is 11.8 Å². The molecular formula is C8H13N3O3S. The van der Waals surface area contributed by atoms with Gasteiger partial charge in [0, 0.05) is 19.4 Å². The largest absolute Gasteiger partial charge is 0.479 e. The molecular weight excluding hydrogens is 218 g/mol. The quantitative estimate of drug-likeness (QED) is 0.714. The van der Waals surface area contributed by atoms with Crippen molar-refractivity contribution in [1.82, 2.24) is 14.8 Å². The Morgan fingerprint density at radius 2 is 2.53 bits per heavy atom. The lowest BCUT2D eigenvalue weighted by Gasteiger charge is -2.10. The summed E-state index contributed by atoms with van der Waals surface area (Å²) in [7, 11) is 1.80. The molecule has 1 aromatic heterocycles. The summed E-state index contributed by atoms with van der Waals surface area (Å²) in [6, 6.07) is 0. The molecule has 15 heavy (non-hydrogen) atoms. The van der Waals surface area contributed by atoms with Crippen LogP contribution in [0.4, 0.5) is 0 Å². The van der Waals surface area contributed by atoms with Crippen molar-refractivity contribution in [3.05, 3.63) is 6.33 Å². The number of nitrogens with zero attached hydrogens (tertiary/aromatic N) is 3. The molecule has 84 valence electrons. The third kappa shape index (κ3) is 3.52. The number of ether oxygens (including phenoxy) is 1. The van der Waals surface area contributed by atoms with E-state index >= 15 is 0 Å². The fourth-order valence-electron chi connectivity index (χ4n) is 0.945. The molecule has 1 aromatic rings. The van der Waals surface area contributed by atoms with E-state index in [4.69, 9.17) is 9.84 Å². The number of carboxylic acids is 1.